The van der Waals surface area contributed by atoms with Crippen molar-refractivity contribution in [3.63, 3.8) is 0 Å². The number of hydrogen-bond acceptors (Lipinski definition) is 2. The summed E-state index contributed by atoms with van der Waals surface area (Å²) in [5.41, 5.74) is 3.07. The molecule has 1 heterocycles. The second-order valence-electron chi connectivity index (χ2n) is 4.12. The molecule has 0 saturated carbocycles. The maximum atomic E-state index is 6.24. The first-order valence-corrected chi connectivity index (χ1v) is 6.42. The third-order valence-electron chi connectivity index (χ3n) is 2.83. The Hall–Kier alpha value is -1.09. The molecule has 94 valence electrons. The van der Waals surface area contributed by atoms with Crippen molar-refractivity contribution in [2.75, 3.05) is 7.05 Å². The quantitative estimate of drug-likeness (QED) is 0.919. The lowest BCUT2D eigenvalue weighted by molar-refractivity contribution is 0.688. The molecule has 18 heavy (non-hydrogen) atoms. The van der Waals surface area contributed by atoms with Gasteiger partial charge in [0.05, 0.1) is 6.04 Å². The number of hydrogen-bond donors (Lipinski definition) is 1. The molecule has 0 spiro atoms. The minimum atomic E-state index is 0.0165. The first-order valence-electron chi connectivity index (χ1n) is 5.66. The standard InChI is InChI=1S/C14H14Cl2N2/c1-9-3-4-10(8-18-9)14(17-2)12-6-5-11(15)7-13(12)16/h3-8,14,17H,1-2H3. The number of rotatable bonds is 3. The van der Waals surface area contributed by atoms with E-state index in [0.717, 1.165) is 16.8 Å². The summed E-state index contributed by atoms with van der Waals surface area (Å²) >= 11 is 12.2. The molecule has 1 atom stereocenters. The van der Waals surface area contributed by atoms with Gasteiger partial charge in [-0.3, -0.25) is 4.98 Å². The smallest absolute Gasteiger partial charge is 0.0604 e. The molecule has 0 aliphatic carbocycles. The largest absolute Gasteiger partial charge is 0.309 e. The topological polar surface area (TPSA) is 24.9 Å². The van der Waals surface area contributed by atoms with Crippen molar-refractivity contribution in [2.45, 2.75) is 13.0 Å². The minimum Gasteiger partial charge on any atom is -0.309 e. The maximum Gasteiger partial charge on any atom is 0.0604 e. The van der Waals surface area contributed by atoms with Gasteiger partial charge in [-0.15, -0.1) is 0 Å². The highest BCUT2D eigenvalue weighted by molar-refractivity contribution is 6.35. The van der Waals surface area contributed by atoms with Crippen molar-refractivity contribution in [2.24, 2.45) is 0 Å². The predicted octanol–water partition coefficient (Wildman–Crippen LogP) is 4.01. The van der Waals surface area contributed by atoms with Gasteiger partial charge in [-0.05, 0) is 43.3 Å². The summed E-state index contributed by atoms with van der Waals surface area (Å²) in [7, 11) is 1.90. The molecule has 0 fully saturated rings. The normalized spacial score (nSPS) is 12.4. The Kier molecular flexibility index (Phi) is 4.23. The van der Waals surface area contributed by atoms with E-state index in [1.165, 1.54) is 0 Å². The van der Waals surface area contributed by atoms with Gasteiger partial charge in [0, 0.05) is 21.9 Å². The molecule has 0 saturated heterocycles. The first kappa shape index (κ1) is 13.3. The van der Waals surface area contributed by atoms with Crippen molar-refractivity contribution >= 4 is 23.2 Å². The van der Waals surface area contributed by atoms with Gasteiger partial charge in [0.15, 0.2) is 0 Å². The predicted molar refractivity (Wildman–Crippen MR) is 76.3 cm³/mol. The van der Waals surface area contributed by atoms with Crippen LogP contribution in [0.1, 0.15) is 22.9 Å². The molecule has 2 nitrogen and oxygen atoms in total. The van der Waals surface area contributed by atoms with Crippen LogP contribution in [-0.2, 0) is 0 Å². The van der Waals surface area contributed by atoms with E-state index in [-0.39, 0.29) is 6.04 Å². The number of benzene rings is 1. The van der Waals surface area contributed by atoms with E-state index in [1.807, 2.05) is 38.4 Å². The Labute approximate surface area is 117 Å². The molecule has 0 aliphatic rings. The highest BCUT2D eigenvalue weighted by Gasteiger charge is 2.15. The molecular formula is C14H14Cl2N2. The zero-order chi connectivity index (χ0) is 13.1. The Morgan fingerprint density at radius 2 is 1.94 bits per heavy atom. The van der Waals surface area contributed by atoms with Gasteiger partial charge >= 0.3 is 0 Å². The molecule has 2 rings (SSSR count). The molecule has 0 aliphatic heterocycles. The Balaban J connectivity index is 2.41. The fourth-order valence-electron chi connectivity index (χ4n) is 1.89. The second-order valence-corrected chi connectivity index (χ2v) is 4.96. The van der Waals surface area contributed by atoms with Crippen LogP contribution in [0.25, 0.3) is 0 Å². The summed E-state index contributed by atoms with van der Waals surface area (Å²) in [6, 6.07) is 9.59. The van der Waals surface area contributed by atoms with Crippen molar-refractivity contribution in [1.29, 1.82) is 0 Å². The molecule has 1 aromatic heterocycles. The van der Waals surface area contributed by atoms with Crippen molar-refractivity contribution in [3.05, 3.63) is 63.4 Å². The van der Waals surface area contributed by atoms with Crippen molar-refractivity contribution < 1.29 is 0 Å². The van der Waals surface area contributed by atoms with E-state index in [1.54, 1.807) is 6.07 Å². The van der Waals surface area contributed by atoms with Gasteiger partial charge < -0.3 is 5.32 Å². The third kappa shape index (κ3) is 2.83. The van der Waals surface area contributed by atoms with Crippen LogP contribution < -0.4 is 5.32 Å². The molecule has 0 bridgehead atoms. The van der Waals surface area contributed by atoms with Crippen molar-refractivity contribution in [3.8, 4) is 0 Å². The van der Waals surface area contributed by atoms with Gasteiger partial charge in [0.2, 0.25) is 0 Å². The Bertz CT molecular complexity index is 538. The highest BCUT2D eigenvalue weighted by Crippen LogP contribution is 2.29. The van der Waals surface area contributed by atoms with E-state index in [4.69, 9.17) is 23.2 Å². The summed E-state index contributed by atoms with van der Waals surface area (Å²) in [5.74, 6) is 0. The molecule has 0 radical (unpaired) electrons. The SMILES string of the molecule is CNC(c1ccc(C)nc1)c1ccc(Cl)cc1Cl. The zero-order valence-corrected chi connectivity index (χ0v) is 11.8. The Morgan fingerprint density at radius 1 is 1.17 bits per heavy atom. The van der Waals surface area contributed by atoms with Gasteiger partial charge in [-0.25, -0.2) is 0 Å². The lowest BCUT2D eigenvalue weighted by Crippen LogP contribution is -2.18. The van der Waals surface area contributed by atoms with Crippen LogP contribution in [0.2, 0.25) is 10.0 Å². The number of nitrogens with zero attached hydrogens (tertiary/aromatic N) is 1. The number of halogens is 2. The number of aryl methyl sites for hydroxylation is 1. The van der Waals surface area contributed by atoms with Gasteiger partial charge in [0.1, 0.15) is 0 Å². The monoisotopic (exact) mass is 280 g/mol. The van der Waals surface area contributed by atoms with E-state index in [2.05, 4.69) is 16.4 Å². The van der Waals surface area contributed by atoms with E-state index < -0.39 is 0 Å². The van der Waals surface area contributed by atoms with Crippen molar-refractivity contribution in [1.82, 2.24) is 10.3 Å². The summed E-state index contributed by atoms with van der Waals surface area (Å²) < 4.78 is 0. The average Bonchev–Trinajstić information content (AvgIpc) is 2.35. The number of aromatic nitrogens is 1. The van der Waals surface area contributed by atoms with Crippen LogP contribution in [-0.4, -0.2) is 12.0 Å². The second kappa shape index (κ2) is 5.70. The van der Waals surface area contributed by atoms with Crippen LogP contribution in [0.5, 0.6) is 0 Å². The lowest BCUT2D eigenvalue weighted by atomic mass is 10.00. The van der Waals surface area contributed by atoms with Gasteiger partial charge in [-0.2, -0.15) is 0 Å². The molecule has 1 N–H and O–H groups in total. The summed E-state index contributed by atoms with van der Waals surface area (Å²) in [4.78, 5) is 4.31. The molecule has 1 aromatic carbocycles. The van der Waals surface area contributed by atoms with E-state index >= 15 is 0 Å². The number of nitrogens with one attached hydrogen (secondary N) is 1. The maximum absolute atomic E-state index is 6.24. The molecule has 2 aromatic rings. The molecule has 4 heteroatoms. The highest BCUT2D eigenvalue weighted by atomic mass is 35.5. The Morgan fingerprint density at radius 3 is 2.50 bits per heavy atom. The molecule has 1 unspecified atom stereocenters. The lowest BCUT2D eigenvalue weighted by Gasteiger charge is -2.18. The first-order chi connectivity index (χ1) is 8.61. The van der Waals surface area contributed by atoms with Crippen LogP contribution in [0.3, 0.4) is 0 Å². The molecule has 0 amide bonds. The van der Waals surface area contributed by atoms with Gasteiger partial charge in [0.25, 0.3) is 0 Å². The summed E-state index contributed by atoms with van der Waals surface area (Å²) in [6.45, 7) is 1.97. The van der Waals surface area contributed by atoms with Crippen LogP contribution in [0, 0.1) is 6.92 Å². The van der Waals surface area contributed by atoms with Crippen LogP contribution >= 0.6 is 23.2 Å². The van der Waals surface area contributed by atoms with E-state index in [0.29, 0.717) is 10.0 Å². The van der Waals surface area contributed by atoms with Gasteiger partial charge in [-0.1, -0.05) is 35.3 Å². The number of pyridine rings is 1. The summed E-state index contributed by atoms with van der Waals surface area (Å²) in [6.07, 6.45) is 1.86. The average molecular weight is 281 g/mol. The third-order valence-corrected chi connectivity index (χ3v) is 3.39. The van der Waals surface area contributed by atoms with Crippen LogP contribution in [0.15, 0.2) is 36.5 Å². The zero-order valence-electron chi connectivity index (χ0n) is 10.2. The fourth-order valence-corrected chi connectivity index (χ4v) is 2.40. The van der Waals surface area contributed by atoms with E-state index in [9.17, 15) is 0 Å². The van der Waals surface area contributed by atoms with Crippen LogP contribution in [0.4, 0.5) is 0 Å². The molecular weight excluding hydrogens is 267 g/mol. The minimum absolute atomic E-state index is 0.0165. The summed E-state index contributed by atoms with van der Waals surface area (Å²) in [5, 5.41) is 4.54. The fraction of sp³-hybridized carbons (Fsp3) is 0.214.